The molecule has 9 heavy (non-hydrogen) atoms. The van der Waals surface area contributed by atoms with E-state index in [-0.39, 0.29) is 30.9 Å². The topological polar surface area (TPSA) is 55.1 Å². The molecule has 0 fully saturated rings. The summed E-state index contributed by atoms with van der Waals surface area (Å²) in [5, 5.41) is 2.63. The van der Waals surface area contributed by atoms with Gasteiger partial charge in [-0.05, 0) is 13.8 Å². The van der Waals surface area contributed by atoms with Crippen molar-refractivity contribution in [2.45, 2.75) is 19.9 Å². The minimum Gasteiger partial charge on any atom is -0.353 e. The first-order valence-corrected chi connectivity index (χ1v) is 2.66. The summed E-state index contributed by atoms with van der Waals surface area (Å²) in [7, 11) is 0. The molecule has 0 saturated carbocycles. The lowest BCUT2D eigenvalue weighted by Gasteiger charge is -2.04. The first-order valence-electron chi connectivity index (χ1n) is 2.66. The van der Waals surface area contributed by atoms with E-state index in [1.807, 2.05) is 13.8 Å². The predicted octanol–water partition coefficient (Wildman–Crippen LogP) is -0.109. The molecule has 0 aliphatic heterocycles. The zero-order valence-electron chi connectivity index (χ0n) is 5.68. The van der Waals surface area contributed by atoms with Gasteiger partial charge in [-0.15, -0.1) is 12.4 Å². The van der Waals surface area contributed by atoms with Gasteiger partial charge in [-0.3, -0.25) is 4.79 Å². The van der Waals surface area contributed by atoms with Crippen molar-refractivity contribution in [1.29, 1.82) is 0 Å². The Morgan fingerprint density at radius 2 is 2.11 bits per heavy atom. The number of halogens is 1. The summed E-state index contributed by atoms with van der Waals surface area (Å²) >= 11 is 0. The largest absolute Gasteiger partial charge is 0.353 e. The van der Waals surface area contributed by atoms with Crippen molar-refractivity contribution < 1.29 is 4.79 Å². The second kappa shape index (κ2) is 5.85. The summed E-state index contributed by atoms with van der Waals surface area (Å²) in [4.78, 5) is 10.4. The van der Waals surface area contributed by atoms with Crippen LogP contribution in [0.15, 0.2) is 0 Å². The lowest BCUT2D eigenvalue weighted by atomic mass is 10.4. The number of nitrogens with one attached hydrogen (secondary N) is 1. The zero-order valence-corrected chi connectivity index (χ0v) is 6.49. The van der Waals surface area contributed by atoms with E-state index >= 15 is 0 Å². The fourth-order valence-electron chi connectivity index (χ4n) is 0.381. The van der Waals surface area contributed by atoms with E-state index < -0.39 is 0 Å². The standard InChI is InChI=1S/C5H12N2O.ClH/c1-4(2)7-5(8)3-6;/h4H,3,6H2,1-2H3,(H,7,8);1H. The number of hydrogen-bond acceptors (Lipinski definition) is 2. The lowest BCUT2D eigenvalue weighted by molar-refractivity contribution is -0.120. The highest BCUT2D eigenvalue weighted by atomic mass is 35.5. The molecule has 56 valence electrons. The highest BCUT2D eigenvalue weighted by Crippen LogP contribution is 1.73. The minimum absolute atomic E-state index is 0. The van der Waals surface area contributed by atoms with E-state index in [1.54, 1.807) is 0 Å². The van der Waals surface area contributed by atoms with Crippen molar-refractivity contribution in [2.75, 3.05) is 6.54 Å². The molecule has 0 aromatic rings. The molecule has 0 heterocycles. The van der Waals surface area contributed by atoms with E-state index in [0.717, 1.165) is 0 Å². The van der Waals surface area contributed by atoms with Crippen LogP contribution in [0.4, 0.5) is 0 Å². The van der Waals surface area contributed by atoms with E-state index in [2.05, 4.69) is 5.32 Å². The summed E-state index contributed by atoms with van der Waals surface area (Å²) in [6, 6.07) is 0.200. The molecule has 1 amide bonds. The van der Waals surface area contributed by atoms with Gasteiger partial charge in [-0.2, -0.15) is 0 Å². The third-order valence-corrected chi connectivity index (χ3v) is 0.635. The maximum Gasteiger partial charge on any atom is 0.233 e. The number of amides is 1. The van der Waals surface area contributed by atoms with Crippen molar-refractivity contribution in [1.82, 2.24) is 5.32 Å². The Kier molecular flexibility index (Phi) is 7.48. The number of carbonyl (C=O) groups excluding carboxylic acids is 1. The molecule has 0 spiro atoms. The summed E-state index contributed by atoms with van der Waals surface area (Å²) < 4.78 is 0. The van der Waals surface area contributed by atoms with E-state index in [4.69, 9.17) is 5.73 Å². The van der Waals surface area contributed by atoms with E-state index in [0.29, 0.717) is 0 Å². The molecule has 0 saturated heterocycles. The average molecular weight is 153 g/mol. The van der Waals surface area contributed by atoms with Gasteiger partial charge in [0.05, 0.1) is 6.54 Å². The van der Waals surface area contributed by atoms with Gasteiger partial charge in [0.25, 0.3) is 0 Å². The summed E-state index contributed by atoms with van der Waals surface area (Å²) in [6.45, 7) is 3.87. The molecule has 0 aromatic carbocycles. The van der Waals surface area contributed by atoms with Crippen LogP contribution in [0.25, 0.3) is 0 Å². The number of carbonyl (C=O) groups is 1. The lowest BCUT2D eigenvalue weighted by Crippen LogP contribution is -2.35. The first kappa shape index (κ1) is 11.5. The van der Waals surface area contributed by atoms with Gasteiger partial charge >= 0.3 is 0 Å². The van der Waals surface area contributed by atoms with Gasteiger partial charge in [0.15, 0.2) is 0 Å². The third-order valence-electron chi connectivity index (χ3n) is 0.635. The highest BCUT2D eigenvalue weighted by molar-refractivity contribution is 5.85. The molecule has 0 aliphatic carbocycles. The Hall–Kier alpha value is -0.280. The second-order valence-electron chi connectivity index (χ2n) is 1.93. The number of hydrogen-bond donors (Lipinski definition) is 2. The SMILES string of the molecule is CC(C)NC(=O)CN.Cl. The molecule has 0 aliphatic rings. The van der Waals surface area contributed by atoms with Gasteiger partial charge < -0.3 is 11.1 Å². The Morgan fingerprint density at radius 1 is 1.67 bits per heavy atom. The quantitative estimate of drug-likeness (QED) is 0.580. The van der Waals surface area contributed by atoms with Crippen LogP contribution in [0.2, 0.25) is 0 Å². The smallest absolute Gasteiger partial charge is 0.233 e. The van der Waals surface area contributed by atoms with Gasteiger partial charge in [-0.1, -0.05) is 0 Å². The van der Waals surface area contributed by atoms with Gasteiger partial charge in [0.2, 0.25) is 5.91 Å². The molecule has 0 aromatic heterocycles. The average Bonchev–Trinajstić information content (AvgIpc) is 1.65. The predicted molar refractivity (Wildman–Crippen MR) is 39.6 cm³/mol. The third kappa shape index (κ3) is 7.72. The summed E-state index contributed by atoms with van der Waals surface area (Å²) in [6.07, 6.45) is 0. The Morgan fingerprint density at radius 3 is 2.22 bits per heavy atom. The molecule has 0 rings (SSSR count). The maximum absolute atomic E-state index is 10.4. The van der Waals surface area contributed by atoms with Crippen LogP contribution >= 0.6 is 12.4 Å². The first-order chi connectivity index (χ1) is 3.66. The minimum atomic E-state index is -0.0972. The maximum atomic E-state index is 10.4. The monoisotopic (exact) mass is 152 g/mol. The molecule has 0 atom stereocenters. The van der Waals surface area contributed by atoms with Crippen LogP contribution in [-0.2, 0) is 4.79 Å². The fourth-order valence-corrected chi connectivity index (χ4v) is 0.381. The number of rotatable bonds is 2. The van der Waals surface area contributed by atoms with Crippen molar-refractivity contribution in [2.24, 2.45) is 5.73 Å². The van der Waals surface area contributed by atoms with Crippen molar-refractivity contribution in [3.05, 3.63) is 0 Å². The molecule has 3 N–H and O–H groups in total. The van der Waals surface area contributed by atoms with Crippen molar-refractivity contribution in [3.8, 4) is 0 Å². The fraction of sp³-hybridized carbons (Fsp3) is 0.800. The molecule has 0 bridgehead atoms. The van der Waals surface area contributed by atoms with Crippen LogP contribution in [0.5, 0.6) is 0 Å². The molecular weight excluding hydrogens is 140 g/mol. The molecule has 0 unspecified atom stereocenters. The van der Waals surface area contributed by atoms with Crippen LogP contribution in [-0.4, -0.2) is 18.5 Å². The normalized spacial score (nSPS) is 8.44. The molecular formula is C5H13ClN2O. The van der Waals surface area contributed by atoms with Crippen LogP contribution in [0, 0.1) is 0 Å². The van der Waals surface area contributed by atoms with Crippen molar-refractivity contribution in [3.63, 3.8) is 0 Å². The van der Waals surface area contributed by atoms with Crippen LogP contribution in [0.1, 0.15) is 13.8 Å². The number of nitrogens with two attached hydrogens (primary N) is 1. The van der Waals surface area contributed by atoms with Crippen LogP contribution in [0.3, 0.4) is 0 Å². The summed E-state index contributed by atoms with van der Waals surface area (Å²) in [5.74, 6) is -0.0972. The Labute approximate surface area is 61.4 Å². The van der Waals surface area contributed by atoms with Gasteiger partial charge in [0, 0.05) is 6.04 Å². The van der Waals surface area contributed by atoms with Crippen LogP contribution < -0.4 is 11.1 Å². The molecule has 3 nitrogen and oxygen atoms in total. The van der Waals surface area contributed by atoms with Gasteiger partial charge in [-0.25, -0.2) is 0 Å². The van der Waals surface area contributed by atoms with Gasteiger partial charge in [0.1, 0.15) is 0 Å². The van der Waals surface area contributed by atoms with E-state index in [9.17, 15) is 4.79 Å². The highest BCUT2D eigenvalue weighted by Gasteiger charge is 1.96. The second-order valence-corrected chi connectivity index (χ2v) is 1.93. The van der Waals surface area contributed by atoms with E-state index in [1.165, 1.54) is 0 Å². The summed E-state index contributed by atoms with van der Waals surface area (Å²) in [5.41, 5.74) is 5.01. The molecule has 0 radical (unpaired) electrons. The van der Waals surface area contributed by atoms with Crippen molar-refractivity contribution >= 4 is 18.3 Å². The Bertz CT molecular complexity index is 85.0. The molecule has 4 heteroatoms. The Balaban J connectivity index is 0. The zero-order chi connectivity index (χ0) is 6.57.